The van der Waals surface area contributed by atoms with Crippen molar-refractivity contribution < 1.29 is 9.84 Å². The number of methoxy groups -OCH3 is 1. The van der Waals surface area contributed by atoms with Gasteiger partial charge < -0.3 is 9.84 Å². The fourth-order valence-electron chi connectivity index (χ4n) is 2.29. The first-order valence-corrected chi connectivity index (χ1v) is 5.08. The van der Waals surface area contributed by atoms with Gasteiger partial charge in [0.05, 0.1) is 13.2 Å². The Kier molecular flexibility index (Phi) is 2.46. The third-order valence-corrected chi connectivity index (χ3v) is 2.99. The van der Waals surface area contributed by atoms with Crippen molar-refractivity contribution in [2.75, 3.05) is 7.11 Å². The number of aryl methyl sites for hydroxylation is 1. The summed E-state index contributed by atoms with van der Waals surface area (Å²) in [6.07, 6.45) is 2.65. The molecule has 76 valence electrons. The van der Waals surface area contributed by atoms with Crippen molar-refractivity contribution in [2.45, 2.75) is 32.3 Å². The normalized spacial score (nSPS) is 20.4. The van der Waals surface area contributed by atoms with Gasteiger partial charge in [-0.25, -0.2) is 0 Å². The maximum absolute atomic E-state index is 9.91. The second-order valence-electron chi connectivity index (χ2n) is 3.88. The largest absolute Gasteiger partial charge is 0.496 e. The molecule has 0 fully saturated rings. The highest BCUT2D eigenvalue weighted by molar-refractivity contribution is 5.47. The van der Waals surface area contributed by atoms with Gasteiger partial charge in [-0.1, -0.05) is 6.07 Å². The minimum Gasteiger partial charge on any atom is -0.496 e. The Bertz CT molecular complexity index is 344. The molecule has 14 heavy (non-hydrogen) atoms. The van der Waals surface area contributed by atoms with E-state index in [1.807, 2.05) is 19.1 Å². The lowest BCUT2D eigenvalue weighted by molar-refractivity contribution is 0.155. The van der Waals surface area contributed by atoms with Gasteiger partial charge >= 0.3 is 0 Å². The van der Waals surface area contributed by atoms with Crippen LogP contribution in [0.4, 0.5) is 0 Å². The molecule has 1 aliphatic rings. The second-order valence-corrected chi connectivity index (χ2v) is 3.88. The molecule has 2 heteroatoms. The van der Waals surface area contributed by atoms with E-state index in [1.165, 1.54) is 11.1 Å². The average Bonchev–Trinajstić information content (AvgIpc) is 2.18. The van der Waals surface area contributed by atoms with Crippen molar-refractivity contribution in [3.8, 4) is 5.75 Å². The summed E-state index contributed by atoms with van der Waals surface area (Å²) in [5.74, 6) is 0.921. The topological polar surface area (TPSA) is 29.5 Å². The van der Waals surface area contributed by atoms with E-state index in [0.29, 0.717) is 0 Å². The number of aliphatic hydroxyl groups excluding tert-OH is 1. The van der Waals surface area contributed by atoms with E-state index in [0.717, 1.165) is 30.6 Å². The maximum Gasteiger partial charge on any atom is 0.122 e. The summed E-state index contributed by atoms with van der Waals surface area (Å²) in [4.78, 5) is 0. The van der Waals surface area contributed by atoms with Gasteiger partial charge in [0, 0.05) is 5.56 Å². The van der Waals surface area contributed by atoms with Crippen molar-refractivity contribution in [3.05, 3.63) is 28.8 Å². The molecule has 1 aromatic rings. The van der Waals surface area contributed by atoms with E-state index >= 15 is 0 Å². The number of rotatable bonds is 1. The number of fused-ring (bicyclic) bond motifs is 1. The summed E-state index contributed by atoms with van der Waals surface area (Å²) in [5.41, 5.74) is 3.47. The van der Waals surface area contributed by atoms with E-state index in [4.69, 9.17) is 4.74 Å². The van der Waals surface area contributed by atoms with Crippen molar-refractivity contribution in [2.24, 2.45) is 0 Å². The van der Waals surface area contributed by atoms with E-state index in [9.17, 15) is 5.11 Å². The molecule has 0 radical (unpaired) electrons. The highest BCUT2D eigenvalue weighted by Gasteiger charge is 2.22. The minimum atomic E-state index is -0.297. The van der Waals surface area contributed by atoms with Crippen molar-refractivity contribution in [1.29, 1.82) is 0 Å². The van der Waals surface area contributed by atoms with E-state index in [1.54, 1.807) is 7.11 Å². The van der Waals surface area contributed by atoms with Crippen LogP contribution in [0.15, 0.2) is 12.1 Å². The molecule has 1 aliphatic carbocycles. The van der Waals surface area contributed by atoms with Gasteiger partial charge in [0.1, 0.15) is 5.75 Å². The predicted molar refractivity (Wildman–Crippen MR) is 55.6 cm³/mol. The van der Waals surface area contributed by atoms with Crippen LogP contribution in [0.5, 0.6) is 5.75 Å². The molecule has 0 saturated heterocycles. The van der Waals surface area contributed by atoms with Gasteiger partial charge in [-0.2, -0.15) is 0 Å². The van der Waals surface area contributed by atoms with Crippen LogP contribution < -0.4 is 4.74 Å². The molecule has 0 spiro atoms. The lowest BCUT2D eigenvalue weighted by Gasteiger charge is -2.25. The first kappa shape index (κ1) is 9.53. The monoisotopic (exact) mass is 192 g/mol. The molecular weight excluding hydrogens is 176 g/mol. The van der Waals surface area contributed by atoms with E-state index in [2.05, 4.69) is 0 Å². The smallest absolute Gasteiger partial charge is 0.122 e. The molecule has 1 unspecified atom stereocenters. The lowest BCUT2D eigenvalue weighted by Crippen LogP contribution is -2.12. The summed E-state index contributed by atoms with van der Waals surface area (Å²) in [5, 5.41) is 9.91. The summed E-state index contributed by atoms with van der Waals surface area (Å²) in [7, 11) is 1.69. The Morgan fingerprint density at radius 3 is 2.93 bits per heavy atom. The van der Waals surface area contributed by atoms with E-state index < -0.39 is 0 Å². The zero-order chi connectivity index (χ0) is 10.1. The lowest BCUT2D eigenvalue weighted by atomic mass is 9.86. The van der Waals surface area contributed by atoms with Crippen molar-refractivity contribution in [3.63, 3.8) is 0 Å². The Labute approximate surface area is 84.5 Å². The fourth-order valence-corrected chi connectivity index (χ4v) is 2.29. The van der Waals surface area contributed by atoms with E-state index in [-0.39, 0.29) is 6.10 Å². The number of aliphatic hydroxyl groups is 1. The van der Waals surface area contributed by atoms with Gasteiger partial charge in [-0.3, -0.25) is 0 Å². The zero-order valence-electron chi connectivity index (χ0n) is 8.71. The van der Waals surface area contributed by atoms with Crippen LogP contribution >= 0.6 is 0 Å². The molecule has 0 saturated carbocycles. The SMILES string of the molecule is COc1ccc(C)c2c1CCCC2O. The number of ether oxygens (including phenoxy) is 1. The third-order valence-electron chi connectivity index (χ3n) is 2.99. The average molecular weight is 192 g/mol. The Balaban J connectivity index is 2.57. The van der Waals surface area contributed by atoms with Crippen molar-refractivity contribution in [1.82, 2.24) is 0 Å². The van der Waals surface area contributed by atoms with Crippen LogP contribution in [0, 0.1) is 6.92 Å². The predicted octanol–water partition coefficient (Wildman–Crippen LogP) is 2.37. The van der Waals surface area contributed by atoms with Gasteiger partial charge in [0.15, 0.2) is 0 Å². The van der Waals surface area contributed by atoms with Gasteiger partial charge in [0.2, 0.25) is 0 Å². The van der Waals surface area contributed by atoms with Crippen LogP contribution in [-0.2, 0) is 6.42 Å². The summed E-state index contributed by atoms with van der Waals surface area (Å²) < 4.78 is 5.30. The molecule has 1 N–H and O–H groups in total. The zero-order valence-corrected chi connectivity index (χ0v) is 8.71. The molecule has 2 rings (SSSR count). The van der Waals surface area contributed by atoms with Crippen LogP contribution in [0.25, 0.3) is 0 Å². The minimum absolute atomic E-state index is 0.297. The molecule has 0 bridgehead atoms. The second kappa shape index (κ2) is 3.62. The molecule has 0 aliphatic heterocycles. The molecule has 0 amide bonds. The molecule has 1 aromatic carbocycles. The number of hydrogen-bond acceptors (Lipinski definition) is 2. The Hall–Kier alpha value is -1.02. The third kappa shape index (κ3) is 1.40. The molecule has 1 atom stereocenters. The first-order valence-electron chi connectivity index (χ1n) is 5.08. The quantitative estimate of drug-likeness (QED) is 0.740. The molecular formula is C12H16O2. The van der Waals surface area contributed by atoms with Crippen LogP contribution in [0.2, 0.25) is 0 Å². The highest BCUT2D eigenvalue weighted by Crippen LogP contribution is 2.37. The Morgan fingerprint density at radius 2 is 2.21 bits per heavy atom. The summed E-state index contributed by atoms with van der Waals surface area (Å²) >= 11 is 0. The number of benzene rings is 1. The van der Waals surface area contributed by atoms with Gasteiger partial charge in [-0.15, -0.1) is 0 Å². The van der Waals surface area contributed by atoms with Crippen molar-refractivity contribution >= 4 is 0 Å². The first-order chi connectivity index (χ1) is 6.74. The maximum atomic E-state index is 9.91. The van der Waals surface area contributed by atoms with Gasteiger partial charge in [0.25, 0.3) is 0 Å². The highest BCUT2D eigenvalue weighted by atomic mass is 16.5. The standard InChI is InChI=1S/C12H16O2/c1-8-6-7-11(14-2)9-4-3-5-10(13)12(8)9/h6-7,10,13H,3-5H2,1-2H3. The molecule has 0 aromatic heterocycles. The summed E-state index contributed by atoms with van der Waals surface area (Å²) in [6.45, 7) is 2.05. The van der Waals surface area contributed by atoms with Gasteiger partial charge in [-0.05, 0) is 43.4 Å². The van der Waals surface area contributed by atoms with Crippen LogP contribution in [-0.4, -0.2) is 12.2 Å². The fraction of sp³-hybridized carbons (Fsp3) is 0.500. The number of hydrogen-bond donors (Lipinski definition) is 1. The van der Waals surface area contributed by atoms with Crippen LogP contribution in [0.1, 0.15) is 35.6 Å². The molecule has 2 nitrogen and oxygen atoms in total. The van der Waals surface area contributed by atoms with Crippen LogP contribution in [0.3, 0.4) is 0 Å². The molecule has 0 heterocycles. The summed E-state index contributed by atoms with van der Waals surface area (Å²) in [6, 6.07) is 4.01. The Morgan fingerprint density at radius 1 is 1.43 bits per heavy atom.